The van der Waals surface area contributed by atoms with E-state index in [0.717, 1.165) is 26.9 Å². The van der Waals surface area contributed by atoms with Crippen molar-refractivity contribution < 1.29 is 14.3 Å². The van der Waals surface area contributed by atoms with Crippen LogP contribution in [0.2, 0.25) is 5.02 Å². The van der Waals surface area contributed by atoms with E-state index in [0.29, 0.717) is 35.2 Å². The Labute approximate surface area is 195 Å². The van der Waals surface area contributed by atoms with Crippen molar-refractivity contribution in [2.24, 2.45) is 0 Å². The van der Waals surface area contributed by atoms with Crippen LogP contribution < -0.4 is 14.4 Å². The highest BCUT2D eigenvalue weighted by molar-refractivity contribution is 9.10. The van der Waals surface area contributed by atoms with E-state index in [-0.39, 0.29) is 5.91 Å². The molecule has 0 bridgehead atoms. The van der Waals surface area contributed by atoms with E-state index in [1.165, 1.54) is 0 Å². The summed E-state index contributed by atoms with van der Waals surface area (Å²) >= 11 is 9.83. The summed E-state index contributed by atoms with van der Waals surface area (Å²) in [5.41, 5.74) is 4.26. The van der Waals surface area contributed by atoms with Crippen molar-refractivity contribution in [1.29, 1.82) is 0 Å². The van der Waals surface area contributed by atoms with Crippen LogP contribution >= 0.6 is 27.5 Å². The Morgan fingerprint density at radius 3 is 2.58 bits per heavy atom. The molecule has 0 atom stereocenters. The second-order valence-electron chi connectivity index (χ2n) is 7.04. The number of fused-ring (bicyclic) bond motifs is 1. The summed E-state index contributed by atoms with van der Waals surface area (Å²) < 4.78 is 12.3. The van der Waals surface area contributed by atoms with Gasteiger partial charge in [-0.1, -0.05) is 48.0 Å². The number of anilines is 1. The highest BCUT2D eigenvalue weighted by Gasteiger charge is 2.30. The summed E-state index contributed by atoms with van der Waals surface area (Å²) in [6.07, 6.45) is 1.89. The molecule has 1 aliphatic rings. The Kier molecular flexibility index (Phi) is 6.35. The molecule has 3 aromatic rings. The normalized spacial score (nSPS) is 14.1. The van der Waals surface area contributed by atoms with Crippen molar-refractivity contribution >= 4 is 50.8 Å². The van der Waals surface area contributed by atoms with Gasteiger partial charge < -0.3 is 14.4 Å². The van der Waals surface area contributed by atoms with E-state index < -0.39 is 0 Å². The van der Waals surface area contributed by atoms with Crippen molar-refractivity contribution in [3.63, 3.8) is 0 Å². The summed E-state index contributed by atoms with van der Waals surface area (Å²) in [6, 6.07) is 19.2. The lowest BCUT2D eigenvalue weighted by Gasteiger charge is -2.14. The molecular weight excluding hydrogens is 478 g/mol. The molecule has 0 radical (unpaired) electrons. The smallest absolute Gasteiger partial charge is 0.258 e. The molecule has 0 N–H and O–H groups in total. The number of nitrogens with zero attached hydrogens (tertiary/aromatic N) is 1. The number of ether oxygens (including phenoxy) is 2. The number of amides is 1. The quantitative estimate of drug-likeness (QED) is 0.360. The van der Waals surface area contributed by atoms with Gasteiger partial charge in [-0.05, 0) is 58.8 Å². The minimum Gasteiger partial charge on any atom is -0.493 e. The topological polar surface area (TPSA) is 38.8 Å². The van der Waals surface area contributed by atoms with E-state index in [1.807, 2.05) is 73.7 Å². The zero-order valence-corrected chi connectivity index (χ0v) is 19.5. The molecule has 6 heteroatoms. The molecule has 1 aliphatic heterocycles. The molecule has 0 fully saturated rings. The number of rotatable bonds is 6. The van der Waals surface area contributed by atoms with Gasteiger partial charge in [-0.3, -0.25) is 4.79 Å². The average molecular weight is 499 g/mol. The Hall–Kier alpha value is -2.76. The third kappa shape index (κ3) is 4.21. The molecule has 0 saturated carbocycles. The summed E-state index contributed by atoms with van der Waals surface area (Å²) in [5.74, 6) is 1.15. The highest BCUT2D eigenvalue weighted by Crippen LogP contribution is 2.41. The van der Waals surface area contributed by atoms with E-state index in [2.05, 4.69) is 15.9 Å². The number of hydrogen-bond donors (Lipinski definition) is 0. The van der Waals surface area contributed by atoms with Crippen LogP contribution in [0.25, 0.3) is 11.6 Å². The fourth-order valence-corrected chi connectivity index (χ4v) is 4.42. The SMILES string of the molecule is CCN1C(=O)/C(=C\c2cc(Br)c(OCc3ccccc3Cl)c(OC)c2)c2ccccc21. The molecule has 1 heterocycles. The third-order valence-corrected chi connectivity index (χ3v) is 6.13. The average Bonchev–Trinajstić information content (AvgIpc) is 3.04. The number of carbonyl (C=O) groups excluding carboxylic acids is 1. The van der Waals surface area contributed by atoms with Crippen molar-refractivity contribution in [1.82, 2.24) is 0 Å². The predicted molar refractivity (Wildman–Crippen MR) is 129 cm³/mol. The first-order valence-corrected chi connectivity index (χ1v) is 11.1. The van der Waals surface area contributed by atoms with Crippen LogP contribution in [-0.4, -0.2) is 19.6 Å². The van der Waals surface area contributed by atoms with Gasteiger partial charge in [0.15, 0.2) is 11.5 Å². The van der Waals surface area contributed by atoms with Crippen LogP contribution in [0.15, 0.2) is 65.1 Å². The van der Waals surface area contributed by atoms with Crippen LogP contribution in [0.1, 0.15) is 23.6 Å². The van der Waals surface area contributed by atoms with E-state index in [4.69, 9.17) is 21.1 Å². The first-order chi connectivity index (χ1) is 15.0. The zero-order chi connectivity index (χ0) is 22.0. The molecular formula is C25H21BrClNO3. The molecule has 31 heavy (non-hydrogen) atoms. The molecule has 0 aliphatic carbocycles. The lowest BCUT2D eigenvalue weighted by molar-refractivity contribution is -0.112. The van der Waals surface area contributed by atoms with Gasteiger partial charge in [0.1, 0.15) is 6.61 Å². The number of halogens is 2. The minimum absolute atomic E-state index is 0.00200. The molecule has 0 spiro atoms. The summed E-state index contributed by atoms with van der Waals surface area (Å²) in [7, 11) is 1.59. The molecule has 4 nitrogen and oxygen atoms in total. The molecule has 158 valence electrons. The molecule has 4 rings (SSSR count). The van der Waals surface area contributed by atoms with Crippen molar-refractivity contribution in [2.75, 3.05) is 18.6 Å². The molecule has 0 saturated heterocycles. The second kappa shape index (κ2) is 9.16. The van der Waals surface area contributed by atoms with Crippen LogP contribution in [0, 0.1) is 0 Å². The van der Waals surface area contributed by atoms with Crippen molar-refractivity contribution in [3.8, 4) is 11.5 Å². The van der Waals surface area contributed by atoms with Crippen LogP contribution in [0.5, 0.6) is 11.5 Å². The highest BCUT2D eigenvalue weighted by atomic mass is 79.9. The van der Waals surface area contributed by atoms with Gasteiger partial charge in [-0.2, -0.15) is 0 Å². The van der Waals surface area contributed by atoms with Gasteiger partial charge in [0, 0.05) is 28.3 Å². The third-order valence-electron chi connectivity index (χ3n) is 5.17. The number of carbonyl (C=O) groups is 1. The van der Waals surface area contributed by atoms with Crippen LogP contribution in [-0.2, 0) is 11.4 Å². The first-order valence-electron chi connectivity index (χ1n) is 9.90. The summed E-state index contributed by atoms with van der Waals surface area (Å²) in [6.45, 7) is 2.91. The van der Waals surface area contributed by atoms with Gasteiger partial charge in [-0.25, -0.2) is 0 Å². The number of methoxy groups -OCH3 is 1. The number of likely N-dealkylation sites (N-methyl/N-ethyl adjacent to an activating group) is 1. The lowest BCUT2D eigenvalue weighted by Crippen LogP contribution is -2.25. The maximum Gasteiger partial charge on any atom is 0.258 e. The molecule has 3 aromatic carbocycles. The molecule has 0 unspecified atom stereocenters. The molecule has 1 amide bonds. The van der Waals surface area contributed by atoms with Gasteiger partial charge in [0.05, 0.1) is 17.3 Å². The van der Waals surface area contributed by atoms with E-state index in [1.54, 1.807) is 12.0 Å². The maximum absolute atomic E-state index is 13.0. The van der Waals surface area contributed by atoms with Gasteiger partial charge in [0.2, 0.25) is 0 Å². The Bertz CT molecular complexity index is 1180. The number of benzene rings is 3. The number of hydrogen-bond acceptors (Lipinski definition) is 3. The number of para-hydroxylation sites is 1. The Balaban J connectivity index is 1.67. The lowest BCUT2D eigenvalue weighted by atomic mass is 10.0. The fraction of sp³-hybridized carbons (Fsp3) is 0.160. The van der Waals surface area contributed by atoms with E-state index >= 15 is 0 Å². The molecule has 0 aromatic heterocycles. The summed E-state index contributed by atoms with van der Waals surface area (Å²) in [5, 5.41) is 0.651. The van der Waals surface area contributed by atoms with Gasteiger partial charge >= 0.3 is 0 Å². The zero-order valence-electron chi connectivity index (χ0n) is 17.2. The maximum atomic E-state index is 13.0. The Morgan fingerprint density at radius 2 is 1.84 bits per heavy atom. The largest absolute Gasteiger partial charge is 0.493 e. The monoisotopic (exact) mass is 497 g/mol. The minimum atomic E-state index is -0.00200. The summed E-state index contributed by atoms with van der Waals surface area (Å²) in [4.78, 5) is 14.8. The second-order valence-corrected chi connectivity index (χ2v) is 8.30. The fourth-order valence-electron chi connectivity index (χ4n) is 3.66. The van der Waals surface area contributed by atoms with Crippen LogP contribution in [0.3, 0.4) is 0 Å². The first kappa shape index (κ1) is 21.5. The van der Waals surface area contributed by atoms with Crippen molar-refractivity contribution in [2.45, 2.75) is 13.5 Å². The Morgan fingerprint density at radius 1 is 1.10 bits per heavy atom. The predicted octanol–water partition coefficient (Wildman–Crippen LogP) is 6.60. The van der Waals surface area contributed by atoms with Gasteiger partial charge in [0.25, 0.3) is 5.91 Å². The van der Waals surface area contributed by atoms with Crippen molar-refractivity contribution in [3.05, 3.63) is 86.8 Å². The van der Waals surface area contributed by atoms with Crippen LogP contribution in [0.4, 0.5) is 5.69 Å². The van der Waals surface area contributed by atoms with E-state index in [9.17, 15) is 4.79 Å². The standard InChI is InChI=1S/C25H21BrClNO3/c1-3-28-22-11-7-5-9-18(22)19(25(28)29)12-16-13-20(26)24(23(14-16)30-2)31-15-17-8-4-6-10-21(17)27/h4-14H,3,15H2,1-2H3/b19-12-. The van der Waals surface area contributed by atoms with Gasteiger partial charge in [-0.15, -0.1) is 0 Å².